The molecule has 0 bridgehead atoms. The minimum absolute atomic E-state index is 0.0772. The summed E-state index contributed by atoms with van der Waals surface area (Å²) in [5, 5.41) is 4.72. The molecule has 1 atom stereocenters. The Morgan fingerprint density at radius 2 is 2.18 bits per heavy atom. The summed E-state index contributed by atoms with van der Waals surface area (Å²) >= 11 is 0. The van der Waals surface area contributed by atoms with Gasteiger partial charge in [-0.15, -0.1) is 0 Å². The van der Waals surface area contributed by atoms with Crippen molar-refractivity contribution < 1.29 is 9.32 Å². The molecule has 0 aliphatic carbocycles. The third kappa shape index (κ3) is 2.09. The molecular formula is C16H20N4O2. The Labute approximate surface area is 129 Å². The van der Waals surface area contributed by atoms with Crippen LogP contribution in [0.5, 0.6) is 0 Å². The molecule has 0 aromatic carbocycles. The SMILES string of the molecule is Cc1cc(C(=O)N2CCN3CCCC3C2)c2c(C)noc2n1. The molecule has 0 saturated carbocycles. The van der Waals surface area contributed by atoms with E-state index in [4.69, 9.17) is 4.52 Å². The molecule has 1 unspecified atom stereocenters. The molecule has 1 amide bonds. The Balaban J connectivity index is 1.69. The Kier molecular flexibility index (Phi) is 3.14. The van der Waals surface area contributed by atoms with E-state index >= 15 is 0 Å². The smallest absolute Gasteiger partial charge is 0.258 e. The summed E-state index contributed by atoms with van der Waals surface area (Å²) in [4.78, 5) is 21.8. The lowest BCUT2D eigenvalue weighted by Gasteiger charge is -2.37. The highest BCUT2D eigenvalue weighted by molar-refractivity contribution is 6.06. The molecule has 6 nitrogen and oxygen atoms in total. The summed E-state index contributed by atoms with van der Waals surface area (Å²) in [6.07, 6.45) is 2.44. The standard InChI is InChI=1S/C16H20N4O2/c1-10-8-13(14-11(2)18-22-15(14)17-10)16(21)20-7-6-19-5-3-4-12(19)9-20/h8,12H,3-7,9H2,1-2H3. The van der Waals surface area contributed by atoms with E-state index in [1.54, 1.807) is 0 Å². The van der Waals surface area contributed by atoms with E-state index in [0.29, 0.717) is 17.3 Å². The molecule has 2 saturated heterocycles. The normalized spacial score (nSPS) is 22.3. The summed E-state index contributed by atoms with van der Waals surface area (Å²) in [6.45, 7) is 7.51. The van der Waals surface area contributed by atoms with Crippen LogP contribution < -0.4 is 0 Å². The van der Waals surface area contributed by atoms with Crippen molar-refractivity contribution in [1.82, 2.24) is 19.9 Å². The lowest BCUT2D eigenvalue weighted by atomic mass is 10.1. The van der Waals surface area contributed by atoms with Crippen molar-refractivity contribution in [3.63, 3.8) is 0 Å². The second-order valence-corrected chi connectivity index (χ2v) is 6.34. The van der Waals surface area contributed by atoms with Crippen LogP contribution in [0.3, 0.4) is 0 Å². The molecule has 116 valence electrons. The highest BCUT2D eigenvalue weighted by Crippen LogP contribution is 2.26. The highest BCUT2D eigenvalue weighted by Gasteiger charge is 2.33. The number of hydrogen-bond acceptors (Lipinski definition) is 5. The Hall–Kier alpha value is -1.95. The Morgan fingerprint density at radius 1 is 1.32 bits per heavy atom. The van der Waals surface area contributed by atoms with E-state index in [9.17, 15) is 4.79 Å². The van der Waals surface area contributed by atoms with Gasteiger partial charge >= 0.3 is 0 Å². The molecule has 4 rings (SSSR count). The first-order valence-corrected chi connectivity index (χ1v) is 7.90. The monoisotopic (exact) mass is 300 g/mol. The van der Waals surface area contributed by atoms with Crippen molar-refractivity contribution in [1.29, 1.82) is 0 Å². The minimum atomic E-state index is 0.0772. The first kappa shape index (κ1) is 13.7. The molecule has 2 aromatic rings. The number of nitrogens with zero attached hydrogens (tertiary/aromatic N) is 4. The molecule has 6 heteroatoms. The molecule has 2 aromatic heterocycles. The van der Waals surface area contributed by atoms with Crippen molar-refractivity contribution in [2.75, 3.05) is 26.2 Å². The second kappa shape index (κ2) is 5.05. The molecule has 22 heavy (non-hydrogen) atoms. The molecule has 2 aliphatic rings. The van der Waals surface area contributed by atoms with Crippen LogP contribution in [-0.2, 0) is 0 Å². The number of fused-ring (bicyclic) bond motifs is 2. The van der Waals surface area contributed by atoms with Gasteiger partial charge in [0.05, 0.1) is 16.6 Å². The van der Waals surface area contributed by atoms with Crippen molar-refractivity contribution in [3.8, 4) is 0 Å². The number of pyridine rings is 1. The van der Waals surface area contributed by atoms with E-state index in [2.05, 4.69) is 15.0 Å². The summed E-state index contributed by atoms with van der Waals surface area (Å²) in [5.41, 5.74) is 2.64. The predicted molar refractivity (Wildman–Crippen MR) is 81.8 cm³/mol. The van der Waals surface area contributed by atoms with Crippen molar-refractivity contribution >= 4 is 17.0 Å². The summed E-state index contributed by atoms with van der Waals surface area (Å²) in [6, 6.07) is 2.38. The first-order chi connectivity index (χ1) is 10.6. The fourth-order valence-corrected chi connectivity index (χ4v) is 3.73. The third-order valence-corrected chi connectivity index (χ3v) is 4.85. The third-order valence-electron chi connectivity index (χ3n) is 4.85. The molecule has 2 fully saturated rings. The fraction of sp³-hybridized carbons (Fsp3) is 0.562. The Morgan fingerprint density at radius 3 is 3.05 bits per heavy atom. The van der Waals surface area contributed by atoms with E-state index < -0.39 is 0 Å². The van der Waals surface area contributed by atoms with Crippen LogP contribution in [0.1, 0.15) is 34.6 Å². The number of piperazine rings is 1. The van der Waals surface area contributed by atoms with E-state index in [-0.39, 0.29) is 5.91 Å². The van der Waals surface area contributed by atoms with Crippen LogP contribution in [0.2, 0.25) is 0 Å². The van der Waals surface area contributed by atoms with Gasteiger partial charge in [0, 0.05) is 31.4 Å². The van der Waals surface area contributed by atoms with Gasteiger partial charge in [0.25, 0.3) is 11.6 Å². The zero-order valence-corrected chi connectivity index (χ0v) is 13.0. The van der Waals surface area contributed by atoms with Gasteiger partial charge < -0.3 is 9.42 Å². The lowest BCUT2D eigenvalue weighted by Crippen LogP contribution is -2.52. The number of amides is 1. The van der Waals surface area contributed by atoms with Crippen LogP contribution in [0.4, 0.5) is 0 Å². The number of hydrogen-bond donors (Lipinski definition) is 0. The van der Waals surface area contributed by atoms with Gasteiger partial charge in [-0.1, -0.05) is 5.16 Å². The van der Waals surface area contributed by atoms with Crippen LogP contribution in [0, 0.1) is 13.8 Å². The van der Waals surface area contributed by atoms with Gasteiger partial charge in [-0.3, -0.25) is 9.69 Å². The Bertz CT molecular complexity index is 739. The number of aryl methyl sites for hydroxylation is 2. The zero-order chi connectivity index (χ0) is 15.3. The maximum atomic E-state index is 13.0. The molecule has 0 spiro atoms. The van der Waals surface area contributed by atoms with Crippen LogP contribution in [-0.4, -0.2) is 58.1 Å². The number of aromatic nitrogens is 2. The average molecular weight is 300 g/mol. The number of carbonyl (C=O) groups is 1. The summed E-state index contributed by atoms with van der Waals surface area (Å²) in [5.74, 6) is 0.0772. The fourth-order valence-electron chi connectivity index (χ4n) is 3.73. The van der Waals surface area contributed by atoms with Crippen LogP contribution in [0.15, 0.2) is 10.6 Å². The van der Waals surface area contributed by atoms with Gasteiger partial charge in [0.1, 0.15) is 0 Å². The van der Waals surface area contributed by atoms with Gasteiger partial charge in [-0.2, -0.15) is 0 Å². The minimum Gasteiger partial charge on any atom is -0.336 e. The van der Waals surface area contributed by atoms with Crippen molar-refractivity contribution in [3.05, 3.63) is 23.0 Å². The second-order valence-electron chi connectivity index (χ2n) is 6.34. The molecule has 4 heterocycles. The molecule has 0 N–H and O–H groups in total. The van der Waals surface area contributed by atoms with Crippen LogP contribution >= 0.6 is 0 Å². The maximum absolute atomic E-state index is 13.0. The molecular weight excluding hydrogens is 280 g/mol. The number of carbonyl (C=O) groups excluding carboxylic acids is 1. The lowest BCUT2D eigenvalue weighted by molar-refractivity contribution is 0.0573. The van der Waals surface area contributed by atoms with Crippen molar-refractivity contribution in [2.45, 2.75) is 32.7 Å². The number of rotatable bonds is 1. The predicted octanol–water partition coefficient (Wildman–Crippen LogP) is 1.76. The van der Waals surface area contributed by atoms with Gasteiger partial charge in [0.15, 0.2) is 0 Å². The van der Waals surface area contributed by atoms with Crippen molar-refractivity contribution in [2.24, 2.45) is 0 Å². The average Bonchev–Trinajstić information content (AvgIpc) is 3.12. The highest BCUT2D eigenvalue weighted by atomic mass is 16.5. The first-order valence-electron chi connectivity index (χ1n) is 7.90. The molecule has 0 radical (unpaired) electrons. The quantitative estimate of drug-likeness (QED) is 0.803. The topological polar surface area (TPSA) is 62.5 Å². The van der Waals surface area contributed by atoms with Gasteiger partial charge in [-0.05, 0) is 39.3 Å². The summed E-state index contributed by atoms with van der Waals surface area (Å²) < 4.78 is 5.24. The van der Waals surface area contributed by atoms with E-state index in [1.165, 1.54) is 19.4 Å². The van der Waals surface area contributed by atoms with Gasteiger partial charge in [-0.25, -0.2) is 4.98 Å². The van der Waals surface area contributed by atoms with E-state index in [0.717, 1.165) is 36.4 Å². The summed E-state index contributed by atoms with van der Waals surface area (Å²) in [7, 11) is 0. The van der Waals surface area contributed by atoms with Crippen LogP contribution in [0.25, 0.3) is 11.1 Å². The molecule has 2 aliphatic heterocycles. The zero-order valence-electron chi connectivity index (χ0n) is 13.0. The maximum Gasteiger partial charge on any atom is 0.258 e. The van der Waals surface area contributed by atoms with Gasteiger partial charge in [0.2, 0.25) is 0 Å². The largest absolute Gasteiger partial charge is 0.336 e. The van der Waals surface area contributed by atoms with E-state index in [1.807, 2.05) is 24.8 Å².